The van der Waals surface area contributed by atoms with Crippen LogP contribution in [0, 0.1) is 0 Å². The quantitative estimate of drug-likeness (QED) is 0.528. The number of aliphatic carboxylic acids is 1. The number of benzene rings is 2. The number of thiazole rings is 1. The molecule has 9 heteroatoms. The van der Waals surface area contributed by atoms with Crippen LogP contribution in [0.2, 0.25) is 0 Å². The number of imidazole rings is 1. The van der Waals surface area contributed by atoms with Crippen molar-refractivity contribution >= 4 is 42.6 Å². The van der Waals surface area contributed by atoms with E-state index in [2.05, 4.69) is 4.98 Å². The molecule has 2 aromatic carbocycles. The van der Waals surface area contributed by atoms with Crippen LogP contribution in [0.4, 0.5) is 0 Å². The Morgan fingerprint density at radius 1 is 1.19 bits per heavy atom. The summed E-state index contributed by atoms with van der Waals surface area (Å²) >= 11 is 1.56. The maximum atomic E-state index is 11.7. The van der Waals surface area contributed by atoms with Gasteiger partial charge < -0.3 is 9.29 Å². The number of para-hydroxylation sites is 1. The van der Waals surface area contributed by atoms with Gasteiger partial charge in [-0.1, -0.05) is 35.6 Å². The predicted molar refractivity (Wildman–Crippen MR) is 98.1 cm³/mol. The minimum absolute atomic E-state index is 0.0463. The number of carbonyl (C=O) groups is 1. The van der Waals surface area contributed by atoms with Crippen LogP contribution in [0.1, 0.15) is 0 Å². The molecule has 0 atom stereocenters. The van der Waals surface area contributed by atoms with E-state index in [1.54, 1.807) is 23.5 Å². The fourth-order valence-corrected chi connectivity index (χ4v) is 4.39. The topological polar surface area (TPSA) is 98.0 Å². The first-order valence-electron chi connectivity index (χ1n) is 7.52. The van der Waals surface area contributed by atoms with E-state index in [9.17, 15) is 13.2 Å². The molecule has 0 aliphatic rings. The highest BCUT2D eigenvalue weighted by atomic mass is 32.2. The fourth-order valence-electron chi connectivity index (χ4n) is 2.62. The molecule has 1 N–H and O–H groups in total. The van der Waals surface area contributed by atoms with Crippen LogP contribution in [0.25, 0.3) is 26.4 Å². The standard InChI is InChI=1S/C17H12N2O5S2/c20-16(21)10-26(22,23)24-12-5-3-4-11(8-12)13-9-19-14-6-1-2-7-15(14)25-17(19)18-13/h1-9H,10H2,(H,20,21). The molecule has 0 fully saturated rings. The van der Waals surface area contributed by atoms with Crippen molar-refractivity contribution in [3.8, 4) is 17.0 Å². The molecule has 2 heterocycles. The second-order valence-corrected chi connectivity index (χ2v) is 8.14. The van der Waals surface area contributed by atoms with Gasteiger partial charge in [-0.15, -0.1) is 0 Å². The normalized spacial score (nSPS) is 11.8. The van der Waals surface area contributed by atoms with E-state index in [0.717, 1.165) is 15.2 Å². The summed E-state index contributed by atoms with van der Waals surface area (Å²) in [5.41, 5.74) is 2.39. The van der Waals surface area contributed by atoms with Crippen molar-refractivity contribution in [3.63, 3.8) is 0 Å². The first kappa shape index (κ1) is 16.6. The third-order valence-electron chi connectivity index (χ3n) is 3.65. The molecular formula is C17H12N2O5S2. The van der Waals surface area contributed by atoms with E-state index in [1.807, 2.05) is 34.9 Å². The molecule has 4 aromatic rings. The first-order valence-corrected chi connectivity index (χ1v) is 9.92. The highest BCUT2D eigenvalue weighted by Crippen LogP contribution is 2.30. The summed E-state index contributed by atoms with van der Waals surface area (Å²) < 4.78 is 31.3. The molecule has 0 saturated carbocycles. The van der Waals surface area contributed by atoms with Gasteiger partial charge in [-0.25, -0.2) is 4.98 Å². The highest BCUT2D eigenvalue weighted by Gasteiger charge is 2.18. The van der Waals surface area contributed by atoms with Gasteiger partial charge >= 0.3 is 16.1 Å². The van der Waals surface area contributed by atoms with E-state index < -0.39 is 21.8 Å². The Morgan fingerprint density at radius 3 is 2.81 bits per heavy atom. The maximum Gasteiger partial charge on any atom is 0.322 e. The van der Waals surface area contributed by atoms with Crippen LogP contribution in [0.15, 0.2) is 54.7 Å². The number of carboxylic acids is 1. The van der Waals surface area contributed by atoms with E-state index in [1.165, 1.54) is 12.1 Å². The molecule has 0 radical (unpaired) electrons. The third-order valence-corrected chi connectivity index (χ3v) is 5.74. The second kappa shape index (κ2) is 6.11. The molecule has 2 aromatic heterocycles. The van der Waals surface area contributed by atoms with Crippen LogP contribution >= 0.6 is 11.3 Å². The van der Waals surface area contributed by atoms with Crippen LogP contribution in [-0.2, 0) is 14.9 Å². The van der Waals surface area contributed by atoms with Crippen molar-refractivity contribution in [2.24, 2.45) is 0 Å². The Labute approximate surface area is 152 Å². The van der Waals surface area contributed by atoms with Crippen LogP contribution < -0.4 is 4.18 Å². The number of rotatable bonds is 5. The summed E-state index contributed by atoms with van der Waals surface area (Å²) in [6.45, 7) is 0. The van der Waals surface area contributed by atoms with Gasteiger partial charge in [0.05, 0.1) is 15.9 Å². The maximum absolute atomic E-state index is 11.7. The van der Waals surface area contributed by atoms with Gasteiger partial charge in [0.15, 0.2) is 10.7 Å². The third kappa shape index (κ3) is 3.14. The van der Waals surface area contributed by atoms with Gasteiger partial charge in [0.25, 0.3) is 0 Å². The zero-order chi connectivity index (χ0) is 18.3. The molecule has 4 rings (SSSR count). The monoisotopic (exact) mass is 388 g/mol. The lowest BCUT2D eigenvalue weighted by Crippen LogP contribution is -2.20. The van der Waals surface area contributed by atoms with Gasteiger partial charge in [0.1, 0.15) is 5.75 Å². The Bertz CT molecular complexity index is 1240. The van der Waals surface area contributed by atoms with Crippen LogP contribution in [0.5, 0.6) is 5.75 Å². The molecule has 0 aliphatic heterocycles. The first-order chi connectivity index (χ1) is 12.4. The summed E-state index contributed by atoms with van der Waals surface area (Å²) in [6, 6.07) is 14.3. The number of hydrogen-bond donors (Lipinski definition) is 1. The van der Waals surface area contributed by atoms with Crippen molar-refractivity contribution in [2.45, 2.75) is 0 Å². The van der Waals surface area contributed by atoms with E-state index in [-0.39, 0.29) is 5.75 Å². The summed E-state index contributed by atoms with van der Waals surface area (Å²) in [5.74, 6) is -2.52. The molecule has 0 amide bonds. The largest absolute Gasteiger partial charge is 0.480 e. The summed E-state index contributed by atoms with van der Waals surface area (Å²) in [5, 5.41) is 8.63. The Hall–Kier alpha value is -2.91. The van der Waals surface area contributed by atoms with Gasteiger partial charge in [0, 0.05) is 11.8 Å². The smallest absolute Gasteiger partial charge is 0.322 e. The Kier molecular flexibility index (Phi) is 3.89. The Morgan fingerprint density at radius 2 is 2.00 bits per heavy atom. The number of hydrogen-bond acceptors (Lipinski definition) is 6. The average Bonchev–Trinajstić information content (AvgIpc) is 3.11. The van der Waals surface area contributed by atoms with Gasteiger partial charge in [0.2, 0.25) is 0 Å². The molecule has 0 saturated heterocycles. The highest BCUT2D eigenvalue weighted by molar-refractivity contribution is 7.87. The van der Waals surface area contributed by atoms with E-state index >= 15 is 0 Å². The van der Waals surface area contributed by atoms with Crippen molar-refractivity contribution in [3.05, 3.63) is 54.7 Å². The van der Waals surface area contributed by atoms with Crippen molar-refractivity contribution in [1.82, 2.24) is 9.38 Å². The summed E-state index contributed by atoms with van der Waals surface area (Å²) in [7, 11) is -4.20. The minimum atomic E-state index is -4.20. The average molecular weight is 388 g/mol. The molecule has 0 bridgehead atoms. The minimum Gasteiger partial charge on any atom is -0.480 e. The lowest BCUT2D eigenvalue weighted by molar-refractivity contribution is -0.134. The van der Waals surface area contributed by atoms with Crippen molar-refractivity contribution in [2.75, 3.05) is 5.75 Å². The van der Waals surface area contributed by atoms with Crippen molar-refractivity contribution < 1.29 is 22.5 Å². The molecule has 0 aliphatic carbocycles. The van der Waals surface area contributed by atoms with Crippen LogP contribution in [-0.4, -0.2) is 34.6 Å². The van der Waals surface area contributed by atoms with Gasteiger partial charge in [-0.2, -0.15) is 8.42 Å². The molecule has 0 spiro atoms. The summed E-state index contributed by atoms with van der Waals surface area (Å²) in [4.78, 5) is 16.0. The molecule has 132 valence electrons. The molecular weight excluding hydrogens is 376 g/mol. The van der Waals surface area contributed by atoms with Crippen molar-refractivity contribution in [1.29, 1.82) is 0 Å². The molecule has 7 nitrogen and oxygen atoms in total. The fraction of sp³-hybridized carbons (Fsp3) is 0.0588. The van der Waals surface area contributed by atoms with Gasteiger partial charge in [-0.05, 0) is 24.3 Å². The number of aromatic nitrogens is 2. The predicted octanol–water partition coefficient (Wildman–Crippen LogP) is 3.01. The number of nitrogens with zero attached hydrogens (tertiary/aromatic N) is 2. The lowest BCUT2D eigenvalue weighted by atomic mass is 10.1. The summed E-state index contributed by atoms with van der Waals surface area (Å²) in [6.07, 6.45) is 1.87. The van der Waals surface area contributed by atoms with E-state index in [0.29, 0.717) is 11.3 Å². The van der Waals surface area contributed by atoms with E-state index in [4.69, 9.17) is 9.29 Å². The number of fused-ring (bicyclic) bond motifs is 3. The molecule has 0 unspecified atom stereocenters. The van der Waals surface area contributed by atoms with Gasteiger partial charge in [-0.3, -0.25) is 9.20 Å². The SMILES string of the molecule is O=C(O)CS(=O)(=O)Oc1cccc(-c2cn3c(n2)sc2ccccc23)c1. The molecule has 26 heavy (non-hydrogen) atoms. The zero-order valence-electron chi connectivity index (χ0n) is 13.2. The zero-order valence-corrected chi connectivity index (χ0v) is 14.8. The number of carboxylic acid groups (broad SMARTS) is 1. The lowest BCUT2D eigenvalue weighted by Gasteiger charge is -2.06. The van der Waals surface area contributed by atoms with Crippen LogP contribution in [0.3, 0.4) is 0 Å². The Balaban J connectivity index is 1.70. The second-order valence-electron chi connectivity index (χ2n) is 5.56.